The number of rotatable bonds is 4. The number of aryl methyl sites for hydroxylation is 1. The zero-order valence-electron chi connectivity index (χ0n) is 14.7. The molecule has 0 radical (unpaired) electrons. The summed E-state index contributed by atoms with van der Waals surface area (Å²) < 4.78 is 7.38. The molecule has 1 aliphatic rings. The van der Waals surface area contributed by atoms with Crippen molar-refractivity contribution in [2.24, 2.45) is 24.9 Å². The third-order valence-corrected chi connectivity index (χ3v) is 4.30. The van der Waals surface area contributed by atoms with Gasteiger partial charge in [0.25, 0.3) is 11.5 Å². The molecule has 12 nitrogen and oxygen atoms in total. The largest absolute Gasteiger partial charge is 0.388 e. The van der Waals surface area contributed by atoms with Crippen LogP contribution in [0.25, 0.3) is 11.2 Å². The summed E-state index contributed by atoms with van der Waals surface area (Å²) in [5.74, 6) is -0.371. The summed E-state index contributed by atoms with van der Waals surface area (Å²) in [7, 11) is 2.85. The highest BCUT2D eigenvalue weighted by atomic mass is 32.1. The van der Waals surface area contributed by atoms with E-state index in [2.05, 4.69) is 20.5 Å². The van der Waals surface area contributed by atoms with Crippen molar-refractivity contribution in [2.75, 3.05) is 31.7 Å². The number of carbonyl (C=O) groups is 1. The summed E-state index contributed by atoms with van der Waals surface area (Å²) in [6, 6.07) is 0. The van der Waals surface area contributed by atoms with Crippen LogP contribution in [0.2, 0.25) is 0 Å². The van der Waals surface area contributed by atoms with E-state index in [9.17, 15) is 14.4 Å². The molecule has 0 aromatic carbocycles. The zero-order chi connectivity index (χ0) is 19.7. The number of amides is 1. The van der Waals surface area contributed by atoms with Crippen molar-refractivity contribution in [2.45, 2.75) is 0 Å². The fourth-order valence-corrected chi connectivity index (χ4v) is 2.75. The Kier molecular flexibility index (Phi) is 5.05. The predicted molar refractivity (Wildman–Crippen MR) is 102 cm³/mol. The first-order valence-electron chi connectivity index (χ1n) is 7.97. The molecule has 3 heterocycles. The quantitative estimate of drug-likeness (QED) is 0.302. The Hall–Kier alpha value is -3.06. The molecule has 2 aromatic rings. The van der Waals surface area contributed by atoms with Crippen LogP contribution in [-0.2, 0) is 23.6 Å². The topological polar surface area (TPSA) is 153 Å². The van der Waals surface area contributed by atoms with Gasteiger partial charge in [0.2, 0.25) is 5.95 Å². The molecule has 144 valence electrons. The molecule has 0 bridgehead atoms. The van der Waals surface area contributed by atoms with Crippen LogP contribution in [0.4, 0.5) is 5.95 Å². The molecule has 3 rings (SSSR count). The molecule has 13 heteroatoms. The van der Waals surface area contributed by atoms with Crippen molar-refractivity contribution in [3.63, 3.8) is 0 Å². The first kappa shape index (κ1) is 18.7. The minimum Gasteiger partial charge on any atom is -0.388 e. The van der Waals surface area contributed by atoms with Gasteiger partial charge in [0, 0.05) is 27.2 Å². The van der Waals surface area contributed by atoms with Gasteiger partial charge >= 0.3 is 5.69 Å². The number of morpholine rings is 1. The standard InChI is InChI=1S/C14H18N8O4S/c1-20-10-8(11(23)21(2)14(20)25)16-13(17-10)19-18-7(9(15)27)12(24)22-3-5-26-6-4-22/h3-6H2,1-2H3,(H2,15,27)(H2,16,17,19). The van der Waals surface area contributed by atoms with Crippen LogP contribution < -0.4 is 22.4 Å². The van der Waals surface area contributed by atoms with E-state index >= 15 is 0 Å². The second kappa shape index (κ2) is 7.28. The van der Waals surface area contributed by atoms with Gasteiger partial charge in [-0.1, -0.05) is 12.2 Å². The van der Waals surface area contributed by atoms with Crippen LogP contribution in [0, 0.1) is 0 Å². The molecule has 0 unspecified atom stereocenters. The highest BCUT2D eigenvalue weighted by Gasteiger charge is 2.24. The number of fused-ring (bicyclic) bond motifs is 1. The number of imidazole rings is 1. The molecule has 1 aliphatic heterocycles. The SMILES string of the molecule is Cn1c(=O)c2[nH]c(NN=C(C(=O)N3CCOCC3)C(N)=S)nc2n(C)c1=O. The number of carbonyl (C=O) groups excluding carboxylic acids is 1. The smallest absolute Gasteiger partial charge is 0.332 e. The molecule has 4 N–H and O–H groups in total. The van der Waals surface area contributed by atoms with Crippen LogP contribution >= 0.6 is 12.2 Å². The third-order valence-electron chi connectivity index (χ3n) is 4.10. The molecular formula is C14H18N8O4S. The molecule has 2 aromatic heterocycles. The number of H-pyrrole nitrogens is 1. The fraction of sp³-hybridized carbons (Fsp3) is 0.429. The lowest BCUT2D eigenvalue weighted by Gasteiger charge is -2.26. The van der Waals surface area contributed by atoms with Gasteiger partial charge in [-0.2, -0.15) is 10.1 Å². The van der Waals surface area contributed by atoms with Gasteiger partial charge in [-0.3, -0.25) is 18.7 Å². The lowest BCUT2D eigenvalue weighted by atomic mass is 10.3. The highest BCUT2D eigenvalue weighted by molar-refractivity contribution is 7.82. The Bertz CT molecular complexity index is 1060. The first-order valence-corrected chi connectivity index (χ1v) is 8.38. The van der Waals surface area contributed by atoms with Gasteiger partial charge in [-0.05, 0) is 0 Å². The molecule has 1 amide bonds. The number of ether oxygens (including phenoxy) is 1. The number of aromatic nitrogens is 4. The number of anilines is 1. The number of hydrazone groups is 1. The van der Waals surface area contributed by atoms with E-state index in [1.54, 1.807) is 0 Å². The maximum Gasteiger partial charge on any atom is 0.332 e. The number of hydrogen-bond acceptors (Lipinski definition) is 8. The number of thiocarbonyl (C=S) groups is 1. The van der Waals surface area contributed by atoms with Gasteiger partial charge in [0.05, 0.1) is 13.2 Å². The van der Waals surface area contributed by atoms with Crippen LogP contribution in [0.5, 0.6) is 0 Å². The third kappa shape index (κ3) is 3.46. The fourth-order valence-electron chi connectivity index (χ4n) is 2.61. The predicted octanol–water partition coefficient (Wildman–Crippen LogP) is -2.13. The van der Waals surface area contributed by atoms with Gasteiger partial charge in [-0.25, -0.2) is 10.2 Å². The molecule has 0 spiro atoms. The summed E-state index contributed by atoms with van der Waals surface area (Å²) in [6.45, 7) is 1.65. The van der Waals surface area contributed by atoms with Crippen LogP contribution in [0.15, 0.2) is 14.7 Å². The molecule has 0 saturated carbocycles. The van der Waals surface area contributed by atoms with Gasteiger partial charge in [-0.15, -0.1) is 0 Å². The van der Waals surface area contributed by atoms with E-state index in [1.165, 1.54) is 23.6 Å². The van der Waals surface area contributed by atoms with E-state index in [4.69, 9.17) is 22.7 Å². The second-order valence-corrected chi connectivity index (χ2v) is 6.27. The van der Waals surface area contributed by atoms with Gasteiger partial charge in [0.1, 0.15) is 4.99 Å². The maximum absolute atomic E-state index is 12.5. The number of nitrogens with zero attached hydrogens (tertiary/aromatic N) is 5. The lowest BCUT2D eigenvalue weighted by molar-refractivity contribution is -0.127. The van der Waals surface area contributed by atoms with Gasteiger partial charge < -0.3 is 20.4 Å². The summed E-state index contributed by atoms with van der Waals surface area (Å²) >= 11 is 4.92. The zero-order valence-corrected chi connectivity index (χ0v) is 15.5. The van der Waals surface area contributed by atoms with E-state index < -0.39 is 17.2 Å². The summed E-state index contributed by atoms with van der Waals surface area (Å²) in [4.78, 5) is 44.9. The Labute approximate surface area is 157 Å². The van der Waals surface area contributed by atoms with Crippen molar-refractivity contribution in [3.05, 3.63) is 20.8 Å². The van der Waals surface area contributed by atoms with Crippen LogP contribution in [0.1, 0.15) is 0 Å². The Morgan fingerprint density at radius 3 is 2.59 bits per heavy atom. The maximum atomic E-state index is 12.5. The van der Waals surface area contributed by atoms with Crippen LogP contribution in [-0.4, -0.2) is 66.9 Å². The van der Waals surface area contributed by atoms with E-state index in [-0.39, 0.29) is 27.8 Å². The average molecular weight is 394 g/mol. The highest BCUT2D eigenvalue weighted by Crippen LogP contribution is 2.08. The monoisotopic (exact) mass is 394 g/mol. The van der Waals surface area contributed by atoms with Crippen molar-refractivity contribution in [3.8, 4) is 0 Å². The Morgan fingerprint density at radius 2 is 1.96 bits per heavy atom. The molecule has 1 saturated heterocycles. The van der Waals surface area contributed by atoms with Crippen LogP contribution in [0.3, 0.4) is 0 Å². The van der Waals surface area contributed by atoms with Crippen molar-refractivity contribution >= 4 is 45.9 Å². The molecule has 27 heavy (non-hydrogen) atoms. The van der Waals surface area contributed by atoms with E-state index in [0.717, 1.165) is 4.57 Å². The Morgan fingerprint density at radius 1 is 1.30 bits per heavy atom. The summed E-state index contributed by atoms with van der Waals surface area (Å²) in [6.07, 6.45) is 0. The van der Waals surface area contributed by atoms with Gasteiger partial charge in [0.15, 0.2) is 16.9 Å². The van der Waals surface area contributed by atoms with E-state index in [0.29, 0.717) is 26.3 Å². The molecule has 0 atom stereocenters. The second-order valence-electron chi connectivity index (χ2n) is 5.83. The Balaban J connectivity index is 1.93. The number of nitrogens with one attached hydrogen (secondary N) is 2. The normalized spacial score (nSPS) is 15.2. The molecular weight excluding hydrogens is 376 g/mol. The summed E-state index contributed by atoms with van der Waals surface area (Å²) in [5, 5.41) is 3.95. The van der Waals surface area contributed by atoms with E-state index in [1.807, 2.05) is 0 Å². The lowest BCUT2D eigenvalue weighted by Crippen LogP contribution is -2.47. The van der Waals surface area contributed by atoms with Crippen molar-refractivity contribution < 1.29 is 9.53 Å². The number of hydrogen-bond donors (Lipinski definition) is 3. The number of nitrogens with two attached hydrogens (primary N) is 1. The average Bonchev–Trinajstić information content (AvgIpc) is 3.09. The van der Waals surface area contributed by atoms with Crippen molar-refractivity contribution in [1.29, 1.82) is 0 Å². The summed E-state index contributed by atoms with van der Waals surface area (Å²) in [5.41, 5.74) is 7.24. The molecule has 1 fully saturated rings. The first-order chi connectivity index (χ1) is 12.8. The number of aromatic amines is 1. The minimum absolute atomic E-state index is 0.0619. The minimum atomic E-state index is -0.531. The molecule has 0 aliphatic carbocycles. The van der Waals surface area contributed by atoms with Crippen molar-refractivity contribution in [1.82, 2.24) is 24.0 Å².